The van der Waals surface area contributed by atoms with Crippen LogP contribution < -0.4 is 10.7 Å². The van der Waals surface area contributed by atoms with Gasteiger partial charge in [-0.2, -0.15) is 5.10 Å². The number of aryl methyl sites for hydroxylation is 1. The number of unbranched alkanes of at least 4 members (excludes halogenated alkanes) is 1. The quantitative estimate of drug-likeness (QED) is 0.191. The van der Waals surface area contributed by atoms with Gasteiger partial charge in [0.15, 0.2) is 5.82 Å². The Morgan fingerprint density at radius 3 is 2.66 bits per heavy atom. The summed E-state index contributed by atoms with van der Waals surface area (Å²) >= 11 is 5.74. The van der Waals surface area contributed by atoms with E-state index in [1.54, 1.807) is 37.5 Å². The van der Waals surface area contributed by atoms with Crippen LogP contribution in [0.4, 0.5) is 5.82 Å². The second-order valence-corrected chi connectivity index (χ2v) is 6.88. The number of carbonyl (C=O) groups excluding carboxylic acids is 2. The number of allylic oxidation sites excluding steroid dienone is 1. The average molecular weight is 417 g/mol. The number of rotatable bonds is 11. The summed E-state index contributed by atoms with van der Waals surface area (Å²) in [4.78, 5) is 26.7. The first-order chi connectivity index (χ1) is 14.0. The van der Waals surface area contributed by atoms with E-state index in [0.29, 0.717) is 16.5 Å². The highest BCUT2D eigenvalue weighted by molar-refractivity contribution is 6.29. The Bertz CT molecular complexity index is 824. The molecule has 154 valence electrons. The molecule has 2 aromatic rings. The predicted octanol–water partition coefficient (Wildman–Crippen LogP) is 2.57. The summed E-state index contributed by atoms with van der Waals surface area (Å²) in [5, 5.41) is 13.2. The lowest BCUT2D eigenvalue weighted by Crippen LogP contribution is -2.31. The first kappa shape index (κ1) is 22.4. The van der Waals surface area contributed by atoms with Gasteiger partial charge >= 0.3 is 0 Å². The molecule has 2 N–H and O–H groups in total. The number of halogens is 1. The smallest absolute Gasteiger partial charge is 0.230 e. The fraction of sp³-hybridized carbons (Fsp3) is 0.350. The first-order valence-electron chi connectivity index (χ1n) is 9.30. The summed E-state index contributed by atoms with van der Waals surface area (Å²) < 4.78 is 0. The summed E-state index contributed by atoms with van der Waals surface area (Å²) in [6.45, 7) is 2.54. The number of carbonyl (C=O) groups is 2. The molecule has 0 saturated heterocycles. The molecule has 0 aliphatic rings. The zero-order chi connectivity index (χ0) is 21.1. The van der Waals surface area contributed by atoms with Crippen molar-refractivity contribution >= 4 is 29.6 Å². The predicted molar refractivity (Wildman–Crippen MR) is 112 cm³/mol. The van der Waals surface area contributed by atoms with E-state index in [9.17, 15) is 9.59 Å². The third-order valence-corrected chi connectivity index (χ3v) is 4.28. The topological polar surface area (TPSA) is 100 Å². The number of hydrazine groups is 1. The molecule has 0 bridgehead atoms. The molecule has 29 heavy (non-hydrogen) atoms. The van der Waals surface area contributed by atoms with Crippen LogP contribution in [-0.2, 0) is 22.4 Å². The van der Waals surface area contributed by atoms with E-state index in [-0.39, 0.29) is 12.3 Å². The zero-order valence-corrected chi connectivity index (χ0v) is 17.3. The maximum absolute atomic E-state index is 12.1. The molecule has 2 heterocycles. The SMILES string of the molecule is CNN(/C=C(\C)C=O)CCCCc1ccc(NC(=O)Cc2ccc(Cl)nc2)nn1. The van der Waals surface area contributed by atoms with Crippen molar-refractivity contribution in [1.82, 2.24) is 25.6 Å². The zero-order valence-electron chi connectivity index (χ0n) is 16.6. The van der Waals surface area contributed by atoms with Crippen molar-refractivity contribution in [3.05, 3.63) is 58.6 Å². The number of nitrogens with one attached hydrogen (secondary N) is 2. The average Bonchev–Trinajstić information content (AvgIpc) is 2.72. The van der Waals surface area contributed by atoms with Gasteiger partial charge in [0.2, 0.25) is 5.91 Å². The number of anilines is 1. The number of aldehydes is 1. The lowest BCUT2D eigenvalue weighted by atomic mass is 10.2. The molecule has 9 heteroatoms. The van der Waals surface area contributed by atoms with Gasteiger partial charge in [-0.15, -0.1) is 5.10 Å². The monoisotopic (exact) mass is 416 g/mol. The van der Waals surface area contributed by atoms with Crippen LogP contribution in [0.5, 0.6) is 0 Å². The maximum Gasteiger partial charge on any atom is 0.230 e. The van der Waals surface area contributed by atoms with Crippen LogP contribution in [0.15, 0.2) is 42.2 Å². The number of hydrogen-bond acceptors (Lipinski definition) is 7. The molecule has 0 spiro atoms. The third-order valence-electron chi connectivity index (χ3n) is 4.06. The van der Waals surface area contributed by atoms with Crippen molar-refractivity contribution in [2.45, 2.75) is 32.6 Å². The summed E-state index contributed by atoms with van der Waals surface area (Å²) in [7, 11) is 1.82. The highest BCUT2D eigenvalue weighted by atomic mass is 35.5. The summed E-state index contributed by atoms with van der Waals surface area (Å²) in [5.41, 5.74) is 5.32. The second-order valence-electron chi connectivity index (χ2n) is 6.49. The van der Waals surface area contributed by atoms with E-state index in [1.807, 2.05) is 18.1 Å². The summed E-state index contributed by atoms with van der Waals surface area (Å²) in [6.07, 6.45) is 7.01. The van der Waals surface area contributed by atoms with E-state index >= 15 is 0 Å². The first-order valence-corrected chi connectivity index (χ1v) is 9.68. The lowest BCUT2D eigenvalue weighted by Gasteiger charge is -2.19. The van der Waals surface area contributed by atoms with E-state index in [4.69, 9.17) is 11.6 Å². The third kappa shape index (κ3) is 8.37. The Hall–Kier alpha value is -2.84. The highest BCUT2D eigenvalue weighted by Gasteiger charge is 2.07. The molecular formula is C20H25ClN6O2. The van der Waals surface area contributed by atoms with Crippen LogP contribution in [0, 0.1) is 0 Å². The summed E-state index contributed by atoms with van der Waals surface area (Å²) in [6, 6.07) is 7.01. The van der Waals surface area contributed by atoms with Gasteiger partial charge in [0.1, 0.15) is 11.4 Å². The molecule has 0 aliphatic carbocycles. The van der Waals surface area contributed by atoms with Crippen molar-refractivity contribution in [3.8, 4) is 0 Å². The molecule has 0 fully saturated rings. The van der Waals surface area contributed by atoms with E-state index in [1.165, 1.54) is 0 Å². The van der Waals surface area contributed by atoms with Crippen molar-refractivity contribution < 1.29 is 9.59 Å². The molecule has 2 rings (SSSR count). The van der Waals surface area contributed by atoms with Gasteiger partial charge < -0.3 is 10.3 Å². The number of hydrogen-bond donors (Lipinski definition) is 2. The molecule has 0 atom stereocenters. The Morgan fingerprint density at radius 1 is 1.21 bits per heavy atom. The van der Waals surface area contributed by atoms with Gasteiger partial charge in [0.25, 0.3) is 0 Å². The van der Waals surface area contributed by atoms with Gasteiger partial charge in [-0.1, -0.05) is 17.7 Å². The van der Waals surface area contributed by atoms with Gasteiger partial charge in [-0.25, -0.2) is 10.4 Å². The van der Waals surface area contributed by atoms with E-state index in [2.05, 4.69) is 25.9 Å². The van der Waals surface area contributed by atoms with Gasteiger partial charge in [0.05, 0.1) is 12.1 Å². The second kappa shape index (κ2) is 11.9. The van der Waals surface area contributed by atoms with Crippen LogP contribution in [0.3, 0.4) is 0 Å². The molecule has 0 unspecified atom stereocenters. The largest absolute Gasteiger partial charge is 0.316 e. The molecule has 1 amide bonds. The number of pyridine rings is 1. The van der Waals surface area contributed by atoms with Crippen LogP contribution >= 0.6 is 11.6 Å². The van der Waals surface area contributed by atoms with Crippen molar-refractivity contribution in [1.29, 1.82) is 0 Å². The number of nitrogens with zero attached hydrogens (tertiary/aromatic N) is 4. The molecule has 8 nitrogen and oxygen atoms in total. The van der Waals surface area contributed by atoms with Crippen molar-refractivity contribution in [3.63, 3.8) is 0 Å². The Balaban J connectivity index is 1.74. The Kier molecular flexibility index (Phi) is 9.20. The molecule has 0 radical (unpaired) electrons. The minimum absolute atomic E-state index is 0.188. The Morgan fingerprint density at radius 2 is 2.03 bits per heavy atom. The van der Waals surface area contributed by atoms with Gasteiger partial charge in [-0.05, 0) is 49.9 Å². The normalized spacial score (nSPS) is 11.2. The molecular weight excluding hydrogens is 392 g/mol. The van der Waals surface area contributed by atoms with E-state index in [0.717, 1.165) is 43.4 Å². The fourth-order valence-corrected chi connectivity index (χ4v) is 2.66. The highest BCUT2D eigenvalue weighted by Crippen LogP contribution is 2.09. The summed E-state index contributed by atoms with van der Waals surface area (Å²) in [5.74, 6) is 0.221. The maximum atomic E-state index is 12.1. The fourth-order valence-electron chi connectivity index (χ4n) is 2.55. The van der Waals surface area contributed by atoms with Crippen LogP contribution in [-0.4, -0.2) is 46.0 Å². The lowest BCUT2D eigenvalue weighted by molar-refractivity contribution is -0.115. The number of amides is 1. The molecule has 0 aromatic carbocycles. The van der Waals surface area contributed by atoms with Crippen LogP contribution in [0.1, 0.15) is 31.0 Å². The van der Waals surface area contributed by atoms with E-state index < -0.39 is 0 Å². The minimum atomic E-state index is -0.193. The van der Waals surface area contributed by atoms with Crippen molar-refractivity contribution in [2.75, 3.05) is 18.9 Å². The van der Waals surface area contributed by atoms with Crippen LogP contribution in [0.2, 0.25) is 5.15 Å². The minimum Gasteiger partial charge on any atom is -0.316 e. The number of aromatic nitrogens is 3. The standard InChI is InChI=1S/C20H25ClN6O2/c1-15(14-28)13-27(22-2)10-4-3-5-17-7-9-19(26-25-17)24-20(29)11-16-6-8-18(21)23-12-16/h6-9,12-14,22H,3-5,10-11H2,1-2H3,(H,24,26,29)/b15-13+. The molecule has 0 saturated carbocycles. The molecule has 0 aliphatic heterocycles. The Labute approximate surface area is 175 Å². The van der Waals surface area contributed by atoms with Crippen molar-refractivity contribution in [2.24, 2.45) is 0 Å². The molecule has 2 aromatic heterocycles. The van der Waals surface area contributed by atoms with Crippen LogP contribution in [0.25, 0.3) is 0 Å². The van der Waals surface area contributed by atoms with Gasteiger partial charge in [0, 0.05) is 31.6 Å². The van der Waals surface area contributed by atoms with Gasteiger partial charge in [-0.3, -0.25) is 9.59 Å².